The lowest BCUT2D eigenvalue weighted by molar-refractivity contribution is 0.0660. The minimum atomic E-state index is -0.485. The van der Waals surface area contributed by atoms with Gasteiger partial charge in [0.25, 0.3) is 11.8 Å². The normalized spacial score (nSPS) is 14.3. The molecule has 2 aromatic rings. The van der Waals surface area contributed by atoms with Gasteiger partial charge in [-0.25, -0.2) is 4.39 Å². The van der Waals surface area contributed by atoms with Gasteiger partial charge in [-0.05, 0) is 37.1 Å². The molecule has 1 aliphatic heterocycles. The van der Waals surface area contributed by atoms with Gasteiger partial charge in [-0.15, -0.1) is 0 Å². The van der Waals surface area contributed by atoms with Gasteiger partial charge in [0.1, 0.15) is 5.83 Å². The smallest absolute Gasteiger partial charge is 0.261 e. The van der Waals surface area contributed by atoms with E-state index in [4.69, 9.17) is 0 Å². The molecule has 0 bridgehead atoms. The van der Waals surface area contributed by atoms with Crippen LogP contribution in [0.3, 0.4) is 0 Å². The second-order valence-corrected chi connectivity index (χ2v) is 5.59. The molecule has 1 heterocycles. The Labute approximate surface area is 134 Å². The fourth-order valence-electron chi connectivity index (χ4n) is 2.67. The van der Waals surface area contributed by atoms with Gasteiger partial charge in [0, 0.05) is 0 Å². The number of benzene rings is 2. The van der Waals surface area contributed by atoms with Crippen molar-refractivity contribution < 1.29 is 14.0 Å². The average Bonchev–Trinajstić information content (AvgIpc) is 2.79. The number of carbonyl (C=O) groups excluding carboxylic acids is 2. The lowest BCUT2D eigenvalue weighted by atomic mass is 10.1. The third kappa shape index (κ3) is 3.06. The first-order valence-electron chi connectivity index (χ1n) is 7.41. The van der Waals surface area contributed by atoms with Crippen LogP contribution < -0.4 is 0 Å². The summed E-state index contributed by atoms with van der Waals surface area (Å²) in [7, 11) is 0. The van der Waals surface area contributed by atoms with Crippen LogP contribution in [0.1, 0.15) is 31.8 Å². The molecule has 0 aliphatic carbocycles. The van der Waals surface area contributed by atoms with Gasteiger partial charge in [0.05, 0.1) is 17.7 Å². The van der Waals surface area contributed by atoms with E-state index in [2.05, 4.69) is 0 Å². The van der Waals surface area contributed by atoms with Gasteiger partial charge in [0.15, 0.2) is 0 Å². The predicted octanol–water partition coefficient (Wildman–Crippen LogP) is 3.69. The van der Waals surface area contributed by atoms with Gasteiger partial charge >= 0.3 is 0 Å². The Morgan fingerprint density at radius 3 is 2.30 bits per heavy atom. The maximum Gasteiger partial charge on any atom is 0.261 e. The second-order valence-electron chi connectivity index (χ2n) is 5.59. The van der Waals surface area contributed by atoms with Crippen molar-refractivity contribution in [3.63, 3.8) is 0 Å². The maximum absolute atomic E-state index is 14.1. The Bertz CT molecular complexity index is 776. The molecule has 0 spiro atoms. The first kappa shape index (κ1) is 15.2. The van der Waals surface area contributed by atoms with Gasteiger partial charge in [0.2, 0.25) is 0 Å². The third-order valence-corrected chi connectivity index (χ3v) is 3.83. The zero-order valence-electron chi connectivity index (χ0n) is 12.8. The molecule has 23 heavy (non-hydrogen) atoms. The van der Waals surface area contributed by atoms with Crippen LogP contribution in [0.4, 0.5) is 4.39 Å². The Morgan fingerprint density at radius 2 is 1.70 bits per heavy atom. The topological polar surface area (TPSA) is 37.4 Å². The van der Waals surface area contributed by atoms with E-state index in [0.29, 0.717) is 17.5 Å². The van der Waals surface area contributed by atoms with Gasteiger partial charge in [-0.2, -0.15) is 0 Å². The molecule has 2 aromatic carbocycles. The van der Waals surface area contributed by atoms with Crippen molar-refractivity contribution in [2.75, 3.05) is 6.54 Å². The summed E-state index contributed by atoms with van der Waals surface area (Å²) in [4.78, 5) is 25.3. The molecule has 2 amide bonds. The van der Waals surface area contributed by atoms with Crippen LogP contribution in [0.2, 0.25) is 0 Å². The van der Waals surface area contributed by atoms with E-state index in [0.717, 1.165) is 16.0 Å². The van der Waals surface area contributed by atoms with Gasteiger partial charge in [-0.1, -0.05) is 42.0 Å². The zero-order chi connectivity index (χ0) is 16.4. The molecule has 0 radical (unpaired) electrons. The highest BCUT2D eigenvalue weighted by Crippen LogP contribution is 2.23. The number of allylic oxidation sites excluding steroid dienone is 1. The van der Waals surface area contributed by atoms with Crippen molar-refractivity contribution in [1.29, 1.82) is 0 Å². The maximum atomic E-state index is 14.1. The lowest BCUT2D eigenvalue weighted by Crippen LogP contribution is -2.31. The summed E-state index contributed by atoms with van der Waals surface area (Å²) in [5.41, 5.74) is 2.77. The number of amides is 2. The van der Waals surface area contributed by atoms with Crippen LogP contribution in [0, 0.1) is 6.92 Å². The molecule has 0 atom stereocenters. The van der Waals surface area contributed by atoms with Crippen molar-refractivity contribution in [3.8, 4) is 0 Å². The van der Waals surface area contributed by atoms with Gasteiger partial charge < -0.3 is 0 Å². The van der Waals surface area contributed by atoms with Crippen molar-refractivity contribution in [1.82, 2.24) is 4.90 Å². The number of fused-ring (bicyclic) bond motifs is 1. The molecule has 0 N–H and O–H groups in total. The molecule has 3 nitrogen and oxygen atoms in total. The van der Waals surface area contributed by atoms with Crippen LogP contribution in [0.5, 0.6) is 0 Å². The molecule has 0 fully saturated rings. The lowest BCUT2D eigenvalue weighted by Gasteiger charge is -2.12. The summed E-state index contributed by atoms with van der Waals surface area (Å²) < 4.78 is 14.1. The van der Waals surface area contributed by atoms with Crippen molar-refractivity contribution >= 4 is 11.8 Å². The highest BCUT2D eigenvalue weighted by Gasteiger charge is 2.35. The molecule has 0 unspecified atom stereocenters. The quantitative estimate of drug-likeness (QED) is 0.808. The minimum absolute atomic E-state index is 0.321. The number of aryl methyl sites for hydroxylation is 1. The average molecular weight is 309 g/mol. The highest BCUT2D eigenvalue weighted by molar-refractivity contribution is 6.21. The van der Waals surface area contributed by atoms with Gasteiger partial charge in [-0.3, -0.25) is 14.5 Å². The SMILES string of the molecule is Cc1cccc(C/C=C(/F)CN2C(=O)c3ccccc3C2=O)c1. The fourth-order valence-corrected chi connectivity index (χ4v) is 2.67. The minimum Gasteiger partial charge on any atom is -0.269 e. The predicted molar refractivity (Wildman–Crippen MR) is 85.9 cm³/mol. The van der Waals surface area contributed by atoms with E-state index in [1.807, 2.05) is 31.2 Å². The Kier molecular flexibility index (Phi) is 4.06. The first-order chi connectivity index (χ1) is 11.1. The summed E-state index contributed by atoms with van der Waals surface area (Å²) >= 11 is 0. The molecule has 1 aliphatic rings. The van der Waals surface area contributed by atoms with Crippen molar-refractivity contribution in [3.05, 3.63) is 82.7 Å². The van der Waals surface area contributed by atoms with Crippen LogP contribution in [0.25, 0.3) is 0 Å². The molecular weight excluding hydrogens is 293 g/mol. The summed E-state index contributed by atoms with van der Waals surface area (Å²) in [5.74, 6) is -1.37. The van der Waals surface area contributed by atoms with E-state index in [1.54, 1.807) is 24.3 Å². The molecule has 0 saturated heterocycles. The van der Waals surface area contributed by atoms with E-state index < -0.39 is 17.6 Å². The zero-order valence-corrected chi connectivity index (χ0v) is 12.8. The van der Waals surface area contributed by atoms with Crippen LogP contribution in [0.15, 0.2) is 60.4 Å². The standard InChI is InChI=1S/C19H16FNO2/c1-13-5-4-6-14(11-13)9-10-15(20)12-21-18(22)16-7-2-3-8-17(16)19(21)23/h2-8,10-11H,9,12H2,1H3/b15-10+. The Morgan fingerprint density at radius 1 is 1.04 bits per heavy atom. The van der Waals surface area contributed by atoms with E-state index in [-0.39, 0.29) is 6.54 Å². The summed E-state index contributed by atoms with van der Waals surface area (Å²) in [6.07, 6.45) is 1.84. The molecular formula is C19H16FNO2. The third-order valence-electron chi connectivity index (χ3n) is 3.83. The van der Waals surface area contributed by atoms with E-state index in [1.165, 1.54) is 6.08 Å². The van der Waals surface area contributed by atoms with Crippen molar-refractivity contribution in [2.45, 2.75) is 13.3 Å². The number of hydrogen-bond acceptors (Lipinski definition) is 2. The Balaban J connectivity index is 1.71. The summed E-state index contributed by atoms with van der Waals surface area (Å²) in [6, 6.07) is 14.3. The summed E-state index contributed by atoms with van der Waals surface area (Å²) in [5, 5.41) is 0. The van der Waals surface area contributed by atoms with Crippen molar-refractivity contribution in [2.24, 2.45) is 0 Å². The van der Waals surface area contributed by atoms with Crippen LogP contribution in [-0.2, 0) is 6.42 Å². The summed E-state index contributed by atoms with van der Waals surface area (Å²) in [6.45, 7) is 1.65. The molecule has 116 valence electrons. The number of imide groups is 1. The first-order valence-corrected chi connectivity index (χ1v) is 7.41. The number of hydrogen-bond donors (Lipinski definition) is 0. The molecule has 0 saturated carbocycles. The Hall–Kier alpha value is -2.75. The largest absolute Gasteiger partial charge is 0.269 e. The van der Waals surface area contributed by atoms with E-state index >= 15 is 0 Å². The molecule has 4 heteroatoms. The fraction of sp³-hybridized carbons (Fsp3) is 0.158. The monoisotopic (exact) mass is 309 g/mol. The number of rotatable bonds is 4. The number of halogens is 1. The second kappa shape index (κ2) is 6.16. The molecule has 0 aromatic heterocycles. The van der Waals surface area contributed by atoms with Crippen LogP contribution in [-0.4, -0.2) is 23.3 Å². The highest BCUT2D eigenvalue weighted by atomic mass is 19.1. The number of carbonyl (C=O) groups is 2. The van der Waals surface area contributed by atoms with E-state index in [9.17, 15) is 14.0 Å². The number of nitrogens with zero attached hydrogens (tertiary/aromatic N) is 1. The molecule has 3 rings (SSSR count). The van der Waals surface area contributed by atoms with Crippen LogP contribution >= 0.6 is 0 Å².